The third kappa shape index (κ3) is 5.67. The van der Waals surface area contributed by atoms with Crippen LogP contribution in [0.5, 0.6) is 0 Å². The van der Waals surface area contributed by atoms with Gasteiger partial charge in [-0.25, -0.2) is 13.8 Å². The molecule has 4 N–H and O–H groups in total. The number of amides is 1. The fourth-order valence-corrected chi connectivity index (χ4v) is 5.07. The van der Waals surface area contributed by atoms with Gasteiger partial charge in [-0.3, -0.25) is 9.69 Å². The number of nitrogens with two attached hydrogens (primary N) is 1. The van der Waals surface area contributed by atoms with Gasteiger partial charge in [-0.05, 0) is 42.3 Å². The van der Waals surface area contributed by atoms with E-state index in [0.717, 1.165) is 42.2 Å². The van der Waals surface area contributed by atoms with Crippen molar-refractivity contribution in [2.24, 2.45) is 5.73 Å². The number of morpholine rings is 1. The summed E-state index contributed by atoms with van der Waals surface area (Å²) in [5, 5.41) is 12.7. The summed E-state index contributed by atoms with van der Waals surface area (Å²) >= 11 is 1.02. The predicted octanol–water partition coefficient (Wildman–Crippen LogP) is 4.17. The zero-order chi connectivity index (χ0) is 25.1. The molecular weight excluding hydrogens is 474 g/mol. The first kappa shape index (κ1) is 25.2. The highest BCUT2D eigenvalue weighted by molar-refractivity contribution is 7.20. The van der Waals surface area contributed by atoms with Crippen molar-refractivity contribution >= 4 is 28.1 Å². The van der Waals surface area contributed by atoms with Crippen LogP contribution in [0.1, 0.15) is 40.0 Å². The number of hydrogen-bond acceptors (Lipinski definition) is 7. The molecular formula is C25H28F2N4O3S. The van der Waals surface area contributed by atoms with Crippen molar-refractivity contribution in [2.75, 3.05) is 38.2 Å². The van der Waals surface area contributed by atoms with Crippen molar-refractivity contribution in [3.8, 4) is 10.4 Å². The molecule has 186 valence electrons. The Morgan fingerprint density at radius 2 is 1.94 bits per heavy atom. The highest BCUT2D eigenvalue weighted by Gasteiger charge is 2.22. The number of carbonyl (C=O) groups excluding carboxylic acids is 1. The number of ether oxygens (including phenoxy) is 1. The number of rotatable bonds is 8. The summed E-state index contributed by atoms with van der Waals surface area (Å²) in [7, 11) is 0. The van der Waals surface area contributed by atoms with Gasteiger partial charge in [0.2, 0.25) is 0 Å². The second kappa shape index (κ2) is 10.8. The molecule has 1 aliphatic rings. The summed E-state index contributed by atoms with van der Waals surface area (Å²) in [5.41, 5.74) is 7.70. The molecule has 1 atom stereocenters. The van der Waals surface area contributed by atoms with Gasteiger partial charge in [0.05, 0.1) is 24.3 Å². The highest BCUT2D eigenvalue weighted by atomic mass is 32.1. The smallest absolute Gasteiger partial charge is 0.251 e. The Bertz CT molecular complexity index is 1200. The van der Waals surface area contributed by atoms with E-state index in [4.69, 9.17) is 10.5 Å². The Morgan fingerprint density at radius 3 is 2.54 bits per heavy atom. The van der Waals surface area contributed by atoms with Gasteiger partial charge in [0.1, 0.15) is 22.5 Å². The number of halogens is 2. The third-order valence-corrected chi connectivity index (χ3v) is 7.15. The number of pyridine rings is 1. The molecule has 3 aromatic rings. The van der Waals surface area contributed by atoms with Crippen LogP contribution in [0.2, 0.25) is 0 Å². The molecule has 7 nitrogen and oxygen atoms in total. The lowest BCUT2D eigenvalue weighted by Gasteiger charge is -2.27. The molecule has 35 heavy (non-hydrogen) atoms. The molecule has 0 spiro atoms. The van der Waals surface area contributed by atoms with Crippen LogP contribution in [0.25, 0.3) is 10.4 Å². The van der Waals surface area contributed by atoms with Crippen LogP contribution in [0.4, 0.5) is 19.6 Å². The lowest BCUT2D eigenvalue weighted by atomic mass is 9.99. The minimum absolute atomic E-state index is 0.119. The monoisotopic (exact) mass is 502 g/mol. The summed E-state index contributed by atoms with van der Waals surface area (Å²) in [6, 6.07) is 7.56. The number of nitrogens with zero attached hydrogens (tertiary/aromatic N) is 2. The van der Waals surface area contributed by atoms with E-state index in [1.54, 1.807) is 13.0 Å². The van der Waals surface area contributed by atoms with Gasteiger partial charge in [-0.15, -0.1) is 11.3 Å². The van der Waals surface area contributed by atoms with E-state index < -0.39 is 23.5 Å². The summed E-state index contributed by atoms with van der Waals surface area (Å²) < 4.78 is 35.1. The van der Waals surface area contributed by atoms with Crippen LogP contribution in [0.15, 0.2) is 30.3 Å². The van der Waals surface area contributed by atoms with E-state index in [2.05, 4.69) is 15.2 Å². The Morgan fingerprint density at radius 1 is 1.26 bits per heavy atom. The number of aryl methyl sites for hydroxylation is 1. The van der Waals surface area contributed by atoms with Gasteiger partial charge >= 0.3 is 0 Å². The average Bonchev–Trinajstić information content (AvgIpc) is 3.24. The summed E-state index contributed by atoms with van der Waals surface area (Å²) in [4.78, 5) is 19.2. The quantitative estimate of drug-likeness (QED) is 0.428. The number of carbonyl (C=O) groups is 1. The predicted molar refractivity (Wildman–Crippen MR) is 132 cm³/mol. The maximum absolute atomic E-state index is 14.9. The largest absolute Gasteiger partial charge is 0.396 e. The first-order chi connectivity index (χ1) is 16.8. The zero-order valence-electron chi connectivity index (χ0n) is 19.6. The van der Waals surface area contributed by atoms with E-state index in [9.17, 15) is 18.7 Å². The minimum Gasteiger partial charge on any atom is -0.396 e. The molecule has 1 saturated heterocycles. The van der Waals surface area contributed by atoms with Crippen molar-refractivity contribution in [2.45, 2.75) is 26.3 Å². The van der Waals surface area contributed by atoms with Gasteiger partial charge < -0.3 is 20.9 Å². The second-order valence-electron chi connectivity index (χ2n) is 8.62. The van der Waals surface area contributed by atoms with Crippen LogP contribution in [0, 0.1) is 18.6 Å². The fourth-order valence-electron chi connectivity index (χ4n) is 3.95. The first-order valence-corrected chi connectivity index (χ1v) is 12.2. The normalized spacial score (nSPS) is 15.2. The van der Waals surface area contributed by atoms with Gasteiger partial charge in [-0.2, -0.15) is 0 Å². The summed E-state index contributed by atoms with van der Waals surface area (Å²) in [6.45, 7) is 7.29. The van der Waals surface area contributed by atoms with Crippen LogP contribution in [-0.2, 0) is 11.3 Å². The second-order valence-corrected chi connectivity index (χ2v) is 9.67. The Balaban J connectivity index is 1.60. The number of anilines is 2. The Kier molecular flexibility index (Phi) is 7.75. The molecule has 10 heteroatoms. The van der Waals surface area contributed by atoms with Crippen molar-refractivity contribution in [3.63, 3.8) is 0 Å². The van der Waals surface area contributed by atoms with E-state index in [-0.39, 0.29) is 22.6 Å². The minimum atomic E-state index is -0.773. The van der Waals surface area contributed by atoms with Crippen LogP contribution >= 0.6 is 11.3 Å². The lowest BCUT2D eigenvalue weighted by Crippen LogP contribution is -2.35. The van der Waals surface area contributed by atoms with Crippen molar-refractivity contribution < 1.29 is 23.4 Å². The molecule has 1 amide bonds. The maximum Gasteiger partial charge on any atom is 0.251 e. The van der Waals surface area contributed by atoms with Gasteiger partial charge in [-0.1, -0.05) is 13.0 Å². The van der Waals surface area contributed by atoms with E-state index in [0.29, 0.717) is 29.6 Å². The number of aliphatic hydroxyl groups is 1. The number of aliphatic hydroxyl groups excluding tert-OH is 1. The zero-order valence-corrected chi connectivity index (χ0v) is 20.4. The average molecular weight is 503 g/mol. The number of primary amides is 1. The highest BCUT2D eigenvalue weighted by Crippen LogP contribution is 2.40. The van der Waals surface area contributed by atoms with Crippen molar-refractivity contribution in [1.29, 1.82) is 0 Å². The van der Waals surface area contributed by atoms with E-state index in [1.807, 2.05) is 13.0 Å². The molecule has 0 saturated carbocycles. The maximum atomic E-state index is 14.9. The van der Waals surface area contributed by atoms with Crippen LogP contribution < -0.4 is 11.1 Å². The number of thiophene rings is 1. The molecule has 1 fully saturated rings. The van der Waals surface area contributed by atoms with Crippen molar-refractivity contribution in [1.82, 2.24) is 9.88 Å². The molecule has 0 bridgehead atoms. The topological polar surface area (TPSA) is 101 Å². The van der Waals surface area contributed by atoms with Gasteiger partial charge in [0, 0.05) is 42.7 Å². The fraction of sp³-hybridized carbons (Fsp3) is 0.360. The molecule has 1 aliphatic heterocycles. The SMILES string of the molecule is Cc1nc(Nc2sc(-c3c(F)cc(C(C)CO)cc3F)cc2C(N)=O)ccc1CN1CCOCC1. The molecule has 0 radical (unpaired) electrons. The molecule has 0 aliphatic carbocycles. The molecule has 4 rings (SSSR count). The molecule has 1 aromatic carbocycles. The Labute approximate surface area is 206 Å². The van der Waals surface area contributed by atoms with E-state index in [1.165, 1.54) is 18.2 Å². The number of nitrogens with one attached hydrogen (secondary N) is 1. The van der Waals surface area contributed by atoms with Crippen molar-refractivity contribution in [3.05, 3.63) is 64.4 Å². The molecule has 2 aromatic heterocycles. The molecule has 1 unspecified atom stereocenters. The standard InChI is InChI=1S/C25H28F2N4O3S/c1-14(13-32)17-9-19(26)23(20(27)10-17)21-11-18(24(28)33)25(35-21)30-22-4-3-16(15(2)29-22)12-31-5-7-34-8-6-31/h3-4,9-11,14,32H,5-8,12-13H2,1-2H3,(H2,28,33)(H,29,30). The first-order valence-electron chi connectivity index (χ1n) is 11.3. The van der Waals surface area contributed by atoms with E-state index >= 15 is 0 Å². The van der Waals surface area contributed by atoms with Crippen LogP contribution in [-0.4, -0.2) is 53.8 Å². The Hall–Kier alpha value is -2.92. The summed E-state index contributed by atoms with van der Waals surface area (Å²) in [5.74, 6) is -2.18. The van der Waals surface area contributed by atoms with Gasteiger partial charge in [0.25, 0.3) is 5.91 Å². The molecule has 3 heterocycles. The summed E-state index contributed by atoms with van der Waals surface area (Å²) in [6.07, 6.45) is 0. The third-order valence-electron chi connectivity index (χ3n) is 6.09. The van der Waals surface area contributed by atoms with Crippen LogP contribution in [0.3, 0.4) is 0 Å². The lowest BCUT2D eigenvalue weighted by molar-refractivity contribution is 0.0340. The number of hydrogen-bond donors (Lipinski definition) is 3. The van der Waals surface area contributed by atoms with Gasteiger partial charge in [0.15, 0.2) is 0 Å². The number of benzene rings is 1. The number of aromatic nitrogens is 1.